The fourth-order valence-corrected chi connectivity index (χ4v) is 7.35. The number of hydrogen-bond donors (Lipinski definition) is 2. The van der Waals surface area contributed by atoms with Gasteiger partial charge in [0, 0.05) is 29.4 Å². The fourth-order valence-electron chi connectivity index (χ4n) is 4.80. The maximum absolute atomic E-state index is 13.5. The van der Waals surface area contributed by atoms with Crippen LogP contribution in [0.15, 0.2) is 106 Å². The first-order valence-corrected chi connectivity index (χ1v) is 18.1. The van der Waals surface area contributed by atoms with Crippen molar-refractivity contribution in [2.24, 2.45) is 0 Å². The molecular formula is C34H30BrFN6O3S2. The van der Waals surface area contributed by atoms with Gasteiger partial charge in [-0.25, -0.2) is 27.8 Å². The second-order valence-electron chi connectivity index (χ2n) is 10.6. The first kappa shape index (κ1) is 32.6. The number of hydrogen-bond acceptors (Lipinski definition) is 10. The molecule has 0 radical (unpaired) electrons. The predicted octanol–water partition coefficient (Wildman–Crippen LogP) is 7.37. The van der Waals surface area contributed by atoms with E-state index < -0.39 is 9.84 Å². The lowest BCUT2D eigenvalue weighted by molar-refractivity contribution is 0.303. The molecule has 3 heterocycles. The highest BCUT2D eigenvalue weighted by atomic mass is 79.9. The third-order valence-electron chi connectivity index (χ3n) is 7.21. The number of thiazole rings is 1. The van der Waals surface area contributed by atoms with Gasteiger partial charge in [-0.15, -0.1) is 11.3 Å². The first-order valence-electron chi connectivity index (χ1n) is 14.8. The van der Waals surface area contributed by atoms with E-state index in [1.54, 1.807) is 53.9 Å². The molecule has 0 spiro atoms. The Morgan fingerprint density at radius 2 is 1.79 bits per heavy atom. The molecule has 0 bridgehead atoms. The summed E-state index contributed by atoms with van der Waals surface area (Å²) in [5.41, 5.74) is 3.70. The number of sulfone groups is 1. The Kier molecular flexibility index (Phi) is 10.5. The summed E-state index contributed by atoms with van der Waals surface area (Å²) in [5.74, 6) is 1.01. The Hall–Kier alpha value is -4.30. The summed E-state index contributed by atoms with van der Waals surface area (Å²) in [6.45, 7) is 1.33. The Bertz CT molecular complexity index is 2100. The van der Waals surface area contributed by atoms with E-state index in [4.69, 9.17) is 9.72 Å². The molecule has 2 N–H and O–H groups in total. The van der Waals surface area contributed by atoms with E-state index >= 15 is 0 Å². The van der Waals surface area contributed by atoms with E-state index in [0.29, 0.717) is 40.8 Å². The number of benzene rings is 3. The van der Waals surface area contributed by atoms with Crippen molar-refractivity contribution in [1.82, 2.24) is 25.3 Å². The number of aromatic nitrogens is 4. The molecular weight excluding hydrogens is 703 g/mol. The van der Waals surface area contributed by atoms with Crippen LogP contribution in [0.4, 0.5) is 15.9 Å². The van der Waals surface area contributed by atoms with Crippen molar-refractivity contribution in [2.45, 2.75) is 24.3 Å². The van der Waals surface area contributed by atoms with Gasteiger partial charge in [0.25, 0.3) is 0 Å². The average Bonchev–Trinajstić information content (AvgIpc) is 3.55. The lowest BCUT2D eigenvalue weighted by Gasteiger charge is -2.12. The molecule has 0 amide bonds. The molecule has 9 nitrogen and oxygen atoms in total. The van der Waals surface area contributed by atoms with Crippen LogP contribution in [-0.4, -0.2) is 47.2 Å². The van der Waals surface area contributed by atoms with Gasteiger partial charge >= 0.3 is 0 Å². The molecule has 0 fully saturated rings. The van der Waals surface area contributed by atoms with Crippen molar-refractivity contribution in [1.29, 1.82) is 0 Å². The van der Waals surface area contributed by atoms with Gasteiger partial charge in [0.2, 0.25) is 0 Å². The number of fused-ring (bicyclic) bond motifs is 1. The van der Waals surface area contributed by atoms with Crippen molar-refractivity contribution in [3.05, 3.63) is 118 Å². The largest absolute Gasteiger partial charge is 0.488 e. The van der Waals surface area contributed by atoms with E-state index in [0.717, 1.165) is 44.7 Å². The summed E-state index contributed by atoms with van der Waals surface area (Å²) in [6.07, 6.45) is 4.80. The Balaban J connectivity index is 1.05. The van der Waals surface area contributed by atoms with Crippen LogP contribution in [0, 0.1) is 5.82 Å². The number of ether oxygens (including phenoxy) is 1. The number of rotatable bonds is 14. The Morgan fingerprint density at radius 3 is 2.62 bits per heavy atom. The van der Waals surface area contributed by atoms with Crippen molar-refractivity contribution in [2.75, 3.05) is 24.2 Å². The van der Waals surface area contributed by atoms with Crippen LogP contribution in [0.1, 0.15) is 17.0 Å². The lowest BCUT2D eigenvalue weighted by atomic mass is 10.2. The fraction of sp³-hybridized carbons (Fsp3) is 0.176. The molecule has 0 aliphatic heterocycles. The normalized spacial score (nSPS) is 11.5. The minimum Gasteiger partial charge on any atom is -0.488 e. The maximum Gasteiger partial charge on any atom is 0.179 e. The maximum atomic E-state index is 13.5. The standard InChI is InChI=1S/C34H30BrFN6O3S2/c35-28-17-25(11-12-32(28)45-20-23-6-4-7-24(36)16-23)41-34-27-18-29(38-19-30(27)39-22-40-34)31-21-46-33(42-31)10-5-13-37-14-15-47(43,44)26-8-2-1-3-9-26/h1-4,6-9,11-12,16-19,21-22,37H,5,10,13-15,20H2,(H,39,40,41). The molecule has 3 aromatic heterocycles. The quantitative estimate of drug-likeness (QED) is 0.111. The second-order valence-corrected chi connectivity index (χ2v) is 14.5. The third-order valence-corrected chi connectivity index (χ3v) is 10.5. The average molecular weight is 734 g/mol. The Labute approximate surface area is 284 Å². The van der Waals surface area contributed by atoms with Gasteiger partial charge in [-0.3, -0.25) is 4.98 Å². The summed E-state index contributed by atoms with van der Waals surface area (Å²) in [5, 5.41) is 10.4. The van der Waals surface area contributed by atoms with E-state index in [2.05, 4.69) is 41.5 Å². The second kappa shape index (κ2) is 15.1. The highest BCUT2D eigenvalue weighted by Crippen LogP contribution is 2.32. The highest BCUT2D eigenvalue weighted by Gasteiger charge is 2.14. The minimum absolute atomic E-state index is 0.0572. The van der Waals surface area contributed by atoms with Crippen LogP contribution in [0.25, 0.3) is 22.3 Å². The molecule has 0 saturated heterocycles. The third kappa shape index (κ3) is 8.55. The number of halogens is 2. The van der Waals surface area contributed by atoms with Gasteiger partial charge in [0.15, 0.2) is 9.84 Å². The molecule has 240 valence electrons. The molecule has 13 heteroatoms. The number of nitrogens with zero attached hydrogens (tertiary/aromatic N) is 4. The smallest absolute Gasteiger partial charge is 0.179 e. The zero-order valence-electron chi connectivity index (χ0n) is 25.1. The molecule has 0 aliphatic carbocycles. The lowest BCUT2D eigenvalue weighted by Crippen LogP contribution is -2.24. The van der Waals surface area contributed by atoms with E-state index in [1.807, 2.05) is 35.7 Å². The predicted molar refractivity (Wildman–Crippen MR) is 186 cm³/mol. The number of anilines is 2. The van der Waals surface area contributed by atoms with Gasteiger partial charge in [-0.1, -0.05) is 30.3 Å². The van der Waals surface area contributed by atoms with E-state index in [1.165, 1.54) is 18.5 Å². The molecule has 3 aromatic carbocycles. The zero-order valence-corrected chi connectivity index (χ0v) is 28.3. The zero-order chi connectivity index (χ0) is 32.6. The van der Waals surface area contributed by atoms with E-state index in [9.17, 15) is 12.8 Å². The van der Waals surface area contributed by atoms with Crippen LogP contribution >= 0.6 is 27.3 Å². The Morgan fingerprint density at radius 1 is 0.915 bits per heavy atom. The summed E-state index contributed by atoms with van der Waals surface area (Å²) in [4.78, 5) is 18.6. The molecule has 6 rings (SSSR count). The SMILES string of the molecule is O=S(=O)(CCNCCCc1nc(-c2cc3c(Nc4ccc(OCc5cccc(F)c5)c(Br)c4)ncnc3cn2)cs1)c1ccccc1. The molecule has 6 aromatic rings. The molecule has 0 aliphatic rings. The van der Waals surface area contributed by atoms with Crippen LogP contribution in [-0.2, 0) is 22.9 Å². The van der Waals surface area contributed by atoms with Gasteiger partial charge in [0.1, 0.15) is 30.3 Å². The van der Waals surface area contributed by atoms with Crippen LogP contribution < -0.4 is 15.4 Å². The monoisotopic (exact) mass is 732 g/mol. The van der Waals surface area contributed by atoms with Crippen molar-refractivity contribution in [3.63, 3.8) is 0 Å². The molecule has 0 atom stereocenters. The van der Waals surface area contributed by atoms with Crippen molar-refractivity contribution in [3.8, 4) is 17.1 Å². The number of aryl methyl sites for hydroxylation is 1. The highest BCUT2D eigenvalue weighted by molar-refractivity contribution is 9.10. The summed E-state index contributed by atoms with van der Waals surface area (Å²) in [6, 6.07) is 22.4. The molecule has 0 unspecified atom stereocenters. The molecule has 47 heavy (non-hydrogen) atoms. The summed E-state index contributed by atoms with van der Waals surface area (Å²) in [7, 11) is -3.29. The first-order chi connectivity index (χ1) is 22.8. The van der Waals surface area contributed by atoms with Gasteiger partial charge in [-0.05, 0) is 83.0 Å². The van der Waals surface area contributed by atoms with Gasteiger partial charge < -0.3 is 15.4 Å². The van der Waals surface area contributed by atoms with Crippen LogP contribution in [0.2, 0.25) is 0 Å². The van der Waals surface area contributed by atoms with E-state index in [-0.39, 0.29) is 18.2 Å². The minimum atomic E-state index is -3.29. The van der Waals surface area contributed by atoms with Gasteiger partial charge in [0.05, 0.1) is 43.2 Å². The number of pyridine rings is 1. The van der Waals surface area contributed by atoms with Crippen LogP contribution in [0.3, 0.4) is 0 Å². The summed E-state index contributed by atoms with van der Waals surface area (Å²) < 4.78 is 45.0. The number of nitrogens with one attached hydrogen (secondary N) is 2. The topological polar surface area (TPSA) is 119 Å². The van der Waals surface area contributed by atoms with Crippen LogP contribution in [0.5, 0.6) is 5.75 Å². The van der Waals surface area contributed by atoms with Crippen molar-refractivity contribution < 1.29 is 17.5 Å². The molecule has 0 saturated carbocycles. The van der Waals surface area contributed by atoms with Gasteiger partial charge in [-0.2, -0.15) is 0 Å². The summed E-state index contributed by atoms with van der Waals surface area (Å²) >= 11 is 5.14. The van der Waals surface area contributed by atoms with Crippen molar-refractivity contribution >= 4 is 59.5 Å².